The molecule has 3 aromatic carbocycles. The minimum atomic E-state index is 0.529. The lowest BCUT2D eigenvalue weighted by Gasteiger charge is -2.12. The van der Waals surface area contributed by atoms with Crippen molar-refractivity contribution in [2.24, 2.45) is 0 Å². The Balaban J connectivity index is 1.69. The van der Waals surface area contributed by atoms with E-state index < -0.39 is 0 Å². The van der Waals surface area contributed by atoms with Crippen LogP contribution in [-0.2, 0) is 6.42 Å². The van der Waals surface area contributed by atoms with Gasteiger partial charge in [-0.3, -0.25) is 0 Å². The molecule has 4 aromatic rings. The average molecular weight is 356 g/mol. The molecule has 1 aromatic heterocycles. The molecule has 0 saturated heterocycles. The van der Waals surface area contributed by atoms with Crippen LogP contribution in [0.1, 0.15) is 18.2 Å². The zero-order valence-corrected chi connectivity index (χ0v) is 15.1. The van der Waals surface area contributed by atoms with Crippen LogP contribution in [0.25, 0.3) is 11.0 Å². The van der Waals surface area contributed by atoms with Gasteiger partial charge in [-0.2, -0.15) is 0 Å². The Morgan fingerprint density at radius 3 is 2.04 bits per heavy atom. The van der Waals surface area contributed by atoms with E-state index in [-0.39, 0.29) is 0 Å². The van der Waals surface area contributed by atoms with E-state index in [1.165, 1.54) is 5.56 Å². The van der Waals surface area contributed by atoms with Crippen LogP contribution in [0.15, 0.2) is 78.9 Å². The smallest absolute Gasteiger partial charge is 0.242 e. The largest absolute Gasteiger partial charge is 0.494 e. The maximum absolute atomic E-state index is 6.09. The first-order valence-corrected chi connectivity index (χ1v) is 9.02. The molecule has 0 N–H and O–H groups in total. The van der Waals surface area contributed by atoms with Gasteiger partial charge in [-0.05, 0) is 48.9 Å². The number of ether oxygens (including phenoxy) is 2. The number of aromatic nitrogens is 2. The Bertz CT molecular complexity index is 1030. The van der Waals surface area contributed by atoms with Crippen molar-refractivity contribution in [1.29, 1.82) is 0 Å². The summed E-state index contributed by atoms with van der Waals surface area (Å²) in [5.74, 6) is 2.05. The third-order valence-electron chi connectivity index (χ3n) is 4.17. The highest BCUT2D eigenvalue weighted by molar-refractivity contribution is 5.74. The van der Waals surface area contributed by atoms with Gasteiger partial charge in [-0.1, -0.05) is 42.5 Å². The number of fused-ring (bicyclic) bond motifs is 1. The lowest BCUT2D eigenvalue weighted by atomic mass is 10.1. The molecule has 0 unspecified atom stereocenters. The normalized spacial score (nSPS) is 10.7. The molecule has 27 heavy (non-hydrogen) atoms. The Morgan fingerprint density at radius 2 is 1.33 bits per heavy atom. The Morgan fingerprint density at radius 1 is 0.704 bits per heavy atom. The molecule has 0 amide bonds. The fraction of sp³-hybridized carbons (Fsp3) is 0.130. The Labute approximate surface area is 158 Å². The number of para-hydroxylation sites is 2. The molecule has 0 bridgehead atoms. The zero-order chi connectivity index (χ0) is 18.5. The van der Waals surface area contributed by atoms with Crippen molar-refractivity contribution in [2.45, 2.75) is 13.3 Å². The number of hydrogen-bond donors (Lipinski definition) is 0. The van der Waals surface area contributed by atoms with Gasteiger partial charge in [0.2, 0.25) is 5.88 Å². The fourth-order valence-electron chi connectivity index (χ4n) is 2.89. The minimum absolute atomic E-state index is 0.529. The third-order valence-corrected chi connectivity index (χ3v) is 4.17. The van der Waals surface area contributed by atoms with Gasteiger partial charge in [-0.25, -0.2) is 9.97 Å². The molecule has 4 nitrogen and oxygen atoms in total. The van der Waals surface area contributed by atoms with Gasteiger partial charge in [0, 0.05) is 6.42 Å². The van der Waals surface area contributed by atoms with Crippen molar-refractivity contribution in [1.82, 2.24) is 9.97 Å². The van der Waals surface area contributed by atoms with Crippen LogP contribution in [0, 0.1) is 0 Å². The first-order valence-electron chi connectivity index (χ1n) is 9.02. The Kier molecular flexibility index (Phi) is 4.97. The van der Waals surface area contributed by atoms with E-state index >= 15 is 0 Å². The summed E-state index contributed by atoms with van der Waals surface area (Å²) >= 11 is 0. The van der Waals surface area contributed by atoms with E-state index in [0.29, 0.717) is 24.7 Å². The summed E-state index contributed by atoms with van der Waals surface area (Å²) in [5.41, 5.74) is 3.66. The first kappa shape index (κ1) is 17.0. The molecule has 0 aliphatic heterocycles. The zero-order valence-electron chi connectivity index (χ0n) is 15.1. The van der Waals surface area contributed by atoms with Crippen molar-refractivity contribution in [3.63, 3.8) is 0 Å². The molecule has 0 aliphatic carbocycles. The summed E-state index contributed by atoms with van der Waals surface area (Å²) in [6.45, 7) is 2.60. The summed E-state index contributed by atoms with van der Waals surface area (Å²) < 4.78 is 11.6. The summed E-state index contributed by atoms with van der Waals surface area (Å²) in [5, 5.41) is 0. The first-order chi connectivity index (χ1) is 13.3. The molecule has 0 fully saturated rings. The second-order valence-electron chi connectivity index (χ2n) is 6.13. The van der Waals surface area contributed by atoms with E-state index in [0.717, 1.165) is 22.5 Å². The van der Waals surface area contributed by atoms with Gasteiger partial charge in [0.05, 0.1) is 17.6 Å². The van der Waals surface area contributed by atoms with Crippen LogP contribution in [0.2, 0.25) is 0 Å². The predicted octanol–water partition coefficient (Wildman–Crippen LogP) is 5.41. The third kappa shape index (κ3) is 4.06. The minimum Gasteiger partial charge on any atom is -0.494 e. The lowest BCUT2D eigenvalue weighted by molar-refractivity contribution is 0.339. The molecule has 1 heterocycles. The van der Waals surface area contributed by atoms with E-state index in [2.05, 4.69) is 12.1 Å². The molecule has 4 heteroatoms. The van der Waals surface area contributed by atoms with Gasteiger partial charge >= 0.3 is 0 Å². The van der Waals surface area contributed by atoms with Crippen molar-refractivity contribution in [3.05, 3.63) is 90.1 Å². The number of benzene rings is 3. The molecule has 0 atom stereocenters. The van der Waals surface area contributed by atoms with Crippen LogP contribution >= 0.6 is 0 Å². The monoisotopic (exact) mass is 356 g/mol. The highest BCUT2D eigenvalue weighted by Gasteiger charge is 2.12. The highest BCUT2D eigenvalue weighted by atomic mass is 16.5. The Hall–Kier alpha value is -3.40. The van der Waals surface area contributed by atoms with E-state index in [1.54, 1.807) is 0 Å². The van der Waals surface area contributed by atoms with Crippen molar-refractivity contribution in [3.8, 4) is 17.4 Å². The maximum Gasteiger partial charge on any atom is 0.242 e. The highest BCUT2D eigenvalue weighted by Crippen LogP contribution is 2.27. The van der Waals surface area contributed by atoms with Crippen molar-refractivity contribution in [2.75, 3.05) is 6.61 Å². The maximum atomic E-state index is 6.09. The lowest BCUT2D eigenvalue weighted by Crippen LogP contribution is -2.01. The summed E-state index contributed by atoms with van der Waals surface area (Å²) in [7, 11) is 0. The van der Waals surface area contributed by atoms with Gasteiger partial charge in [0.15, 0.2) is 0 Å². The molecule has 0 aliphatic rings. The summed E-state index contributed by atoms with van der Waals surface area (Å²) in [6, 6.07) is 25.6. The molecular formula is C23H20N2O2. The second kappa shape index (κ2) is 7.87. The van der Waals surface area contributed by atoms with Gasteiger partial charge in [-0.15, -0.1) is 0 Å². The van der Waals surface area contributed by atoms with Gasteiger partial charge in [0.1, 0.15) is 17.2 Å². The molecule has 0 spiro atoms. The van der Waals surface area contributed by atoms with Crippen LogP contribution in [-0.4, -0.2) is 16.6 Å². The van der Waals surface area contributed by atoms with Crippen molar-refractivity contribution < 1.29 is 9.47 Å². The SMILES string of the molecule is CCOc1ccc(Oc2nc3ccccc3nc2Cc2ccccc2)cc1. The quantitative estimate of drug-likeness (QED) is 0.463. The van der Waals surface area contributed by atoms with Gasteiger partial charge < -0.3 is 9.47 Å². The fourth-order valence-corrected chi connectivity index (χ4v) is 2.89. The molecule has 0 radical (unpaired) electrons. The standard InChI is InChI=1S/C23H20N2O2/c1-2-26-18-12-14-19(15-13-18)27-23-22(16-17-8-4-3-5-9-17)24-20-10-6-7-11-21(20)25-23/h3-15H,2,16H2,1H3. The van der Waals surface area contributed by atoms with E-state index in [4.69, 9.17) is 19.4 Å². The van der Waals surface area contributed by atoms with Crippen LogP contribution < -0.4 is 9.47 Å². The molecule has 134 valence electrons. The van der Waals surface area contributed by atoms with Crippen LogP contribution in [0.4, 0.5) is 0 Å². The number of hydrogen-bond acceptors (Lipinski definition) is 4. The van der Waals surface area contributed by atoms with Crippen LogP contribution in [0.3, 0.4) is 0 Å². The molecular weight excluding hydrogens is 336 g/mol. The average Bonchev–Trinajstić information content (AvgIpc) is 2.71. The van der Waals surface area contributed by atoms with E-state index in [9.17, 15) is 0 Å². The summed E-state index contributed by atoms with van der Waals surface area (Å²) in [6.07, 6.45) is 0.658. The number of nitrogens with zero attached hydrogens (tertiary/aromatic N) is 2. The molecule has 0 saturated carbocycles. The van der Waals surface area contributed by atoms with Gasteiger partial charge in [0.25, 0.3) is 0 Å². The summed E-state index contributed by atoms with van der Waals surface area (Å²) in [4.78, 5) is 9.51. The van der Waals surface area contributed by atoms with Crippen molar-refractivity contribution >= 4 is 11.0 Å². The molecule has 4 rings (SSSR count). The van der Waals surface area contributed by atoms with E-state index in [1.807, 2.05) is 73.7 Å². The topological polar surface area (TPSA) is 44.2 Å². The second-order valence-corrected chi connectivity index (χ2v) is 6.13. The van der Waals surface area contributed by atoms with Crippen LogP contribution in [0.5, 0.6) is 17.4 Å². The predicted molar refractivity (Wildman–Crippen MR) is 106 cm³/mol. The number of rotatable bonds is 6.